The molecule has 0 aromatic rings. The maximum absolute atomic E-state index is 2.31. The molecule has 0 aromatic heterocycles. The minimum atomic E-state index is 0. The van der Waals surface area contributed by atoms with Gasteiger partial charge in [-0.15, -0.1) is 50.9 Å². The summed E-state index contributed by atoms with van der Waals surface area (Å²) in [5.41, 5.74) is 0. The summed E-state index contributed by atoms with van der Waals surface area (Å²) in [5, 5.41) is 0. The fraction of sp³-hybridized carbons (Fsp3) is 1.00. The van der Waals surface area contributed by atoms with E-state index in [1.807, 2.05) is 0 Å². The third kappa shape index (κ3) is 14.7. The first-order valence-corrected chi connectivity index (χ1v) is 6.01. The second-order valence-electron chi connectivity index (χ2n) is 2.62. The molecule has 0 rings (SSSR count). The molecule has 0 N–H and O–H groups in total. The van der Waals surface area contributed by atoms with Crippen LogP contribution in [0.5, 0.6) is 0 Å². The molecular weight excluding hydrogens is 455 g/mol. The van der Waals surface area contributed by atoms with E-state index in [2.05, 4.69) is 13.8 Å². The first kappa shape index (κ1) is 23.8. The second kappa shape index (κ2) is 18.9. The molecule has 12 heavy (non-hydrogen) atoms. The topological polar surface area (TPSA) is 0 Å². The van der Waals surface area contributed by atoms with Gasteiger partial charge in [-0.3, -0.25) is 0 Å². The van der Waals surface area contributed by atoms with Crippen molar-refractivity contribution >= 4 is 73.5 Å². The monoisotopic (exact) mass is 473 g/mol. The zero-order valence-corrected chi connectivity index (χ0v) is 15.8. The first-order valence-electron chi connectivity index (χ1n) is 3.99. The molecular formula is C8H20Br3Sn. The van der Waals surface area contributed by atoms with Crippen molar-refractivity contribution in [3.63, 3.8) is 0 Å². The van der Waals surface area contributed by atoms with Gasteiger partial charge in [-0.2, -0.15) is 0 Å². The maximum atomic E-state index is 2.31. The predicted octanol–water partition coefficient (Wildman–Crippen LogP) is 4.52. The molecule has 0 bridgehead atoms. The molecule has 0 fully saturated rings. The van der Waals surface area contributed by atoms with E-state index in [0.717, 1.165) is 5.92 Å². The van der Waals surface area contributed by atoms with Crippen LogP contribution in [0, 0.1) is 5.92 Å². The molecule has 0 aliphatic carbocycles. The molecule has 0 heterocycles. The quantitative estimate of drug-likeness (QED) is 0.514. The van der Waals surface area contributed by atoms with Crippen LogP contribution in [0.4, 0.5) is 0 Å². The van der Waals surface area contributed by atoms with Crippen LogP contribution in [-0.2, 0) is 0 Å². The van der Waals surface area contributed by atoms with Gasteiger partial charge in [0.1, 0.15) is 0 Å². The molecule has 1 unspecified atom stereocenters. The van der Waals surface area contributed by atoms with Crippen molar-refractivity contribution in [1.29, 1.82) is 0 Å². The summed E-state index contributed by atoms with van der Waals surface area (Å²) in [6.07, 6.45) is 5.67. The van der Waals surface area contributed by atoms with Crippen molar-refractivity contribution in [2.24, 2.45) is 5.92 Å². The van der Waals surface area contributed by atoms with Crippen molar-refractivity contribution in [3.8, 4) is 0 Å². The second-order valence-corrected chi connectivity index (χ2v) is 3.79. The molecule has 1 atom stereocenters. The molecule has 3 radical (unpaired) electrons. The average molecular weight is 475 g/mol. The van der Waals surface area contributed by atoms with Gasteiger partial charge in [0.15, 0.2) is 0 Å². The molecule has 0 amide bonds. The summed E-state index contributed by atoms with van der Waals surface area (Å²) in [5.74, 6) is 1.04. The van der Waals surface area contributed by atoms with Crippen LogP contribution >= 0.6 is 50.9 Å². The Kier molecular flexibility index (Phi) is 37.5. The Hall–Kier alpha value is 2.24. The Balaban J connectivity index is -0.000000107. The van der Waals surface area contributed by atoms with Gasteiger partial charge in [-0.25, -0.2) is 0 Å². The fourth-order valence-electron chi connectivity index (χ4n) is 0.943. The van der Waals surface area contributed by atoms with E-state index in [4.69, 9.17) is 0 Å². The van der Waals surface area contributed by atoms with Crippen LogP contribution in [-0.4, -0.2) is 22.5 Å². The summed E-state index contributed by atoms with van der Waals surface area (Å²) in [6.45, 7) is 4.58. The SMILES string of the molecule is Br.Br.Br.CCCCC(CC)[CH2][Sn]. The Bertz CT molecular complexity index is 58.3. The molecule has 0 aliphatic rings. The molecule has 0 saturated heterocycles. The zero-order valence-electron chi connectivity index (χ0n) is 7.84. The normalized spacial score (nSPS) is 10.2. The standard InChI is InChI=1S/C8H17.3BrH.Sn/c1-4-6-7-8(3)5-2;;;;/h8H,3-7H2,1-2H3;3*1H;. The summed E-state index contributed by atoms with van der Waals surface area (Å²) >= 11 is 1.71. The van der Waals surface area contributed by atoms with Gasteiger partial charge in [-0.1, -0.05) is 0 Å². The van der Waals surface area contributed by atoms with Gasteiger partial charge in [-0.05, 0) is 0 Å². The third-order valence-corrected chi connectivity index (χ3v) is 3.48. The first-order chi connectivity index (χ1) is 4.35. The predicted molar refractivity (Wildman–Crippen MR) is 74.8 cm³/mol. The fourth-order valence-corrected chi connectivity index (χ4v) is 2.35. The molecule has 0 nitrogen and oxygen atoms in total. The van der Waals surface area contributed by atoms with Gasteiger partial charge < -0.3 is 0 Å². The van der Waals surface area contributed by atoms with E-state index in [1.54, 1.807) is 22.5 Å². The average Bonchev–Trinajstić information content (AvgIpc) is 1.91. The Labute approximate surface area is 122 Å². The van der Waals surface area contributed by atoms with Crippen LogP contribution in [0.3, 0.4) is 0 Å². The van der Waals surface area contributed by atoms with Gasteiger partial charge in [0, 0.05) is 0 Å². The Morgan fingerprint density at radius 1 is 1.08 bits per heavy atom. The summed E-state index contributed by atoms with van der Waals surface area (Å²) in [6, 6.07) is 0. The van der Waals surface area contributed by atoms with Crippen molar-refractivity contribution < 1.29 is 0 Å². The van der Waals surface area contributed by atoms with E-state index in [9.17, 15) is 0 Å². The van der Waals surface area contributed by atoms with Crippen LogP contribution < -0.4 is 0 Å². The van der Waals surface area contributed by atoms with E-state index < -0.39 is 0 Å². The van der Waals surface area contributed by atoms with Crippen molar-refractivity contribution in [2.45, 2.75) is 44.0 Å². The van der Waals surface area contributed by atoms with Gasteiger partial charge >= 0.3 is 72.4 Å². The summed E-state index contributed by atoms with van der Waals surface area (Å²) in [7, 11) is 0. The molecule has 0 spiro atoms. The molecule has 0 aromatic carbocycles. The number of halogens is 3. The van der Waals surface area contributed by atoms with Crippen molar-refractivity contribution in [3.05, 3.63) is 0 Å². The van der Waals surface area contributed by atoms with Crippen molar-refractivity contribution in [1.82, 2.24) is 0 Å². The van der Waals surface area contributed by atoms with E-state index in [1.165, 1.54) is 30.1 Å². The minimum absolute atomic E-state index is 0. The van der Waals surface area contributed by atoms with Crippen LogP contribution in [0.1, 0.15) is 39.5 Å². The van der Waals surface area contributed by atoms with E-state index >= 15 is 0 Å². The van der Waals surface area contributed by atoms with Crippen LogP contribution in [0.2, 0.25) is 4.44 Å². The third-order valence-electron chi connectivity index (χ3n) is 1.83. The summed E-state index contributed by atoms with van der Waals surface area (Å²) in [4.78, 5) is 0. The molecule has 4 heteroatoms. The number of rotatable bonds is 5. The summed E-state index contributed by atoms with van der Waals surface area (Å²) < 4.78 is 1.46. The number of hydrogen-bond acceptors (Lipinski definition) is 0. The molecule has 0 saturated carbocycles. The van der Waals surface area contributed by atoms with E-state index in [-0.39, 0.29) is 50.9 Å². The number of unbranched alkanes of at least 4 members (excludes halogenated alkanes) is 1. The van der Waals surface area contributed by atoms with Gasteiger partial charge in [0.2, 0.25) is 0 Å². The number of hydrogen-bond donors (Lipinski definition) is 0. The Morgan fingerprint density at radius 2 is 1.58 bits per heavy atom. The van der Waals surface area contributed by atoms with E-state index in [0.29, 0.717) is 0 Å². The molecule has 77 valence electrons. The van der Waals surface area contributed by atoms with Crippen LogP contribution in [0.15, 0.2) is 0 Å². The van der Waals surface area contributed by atoms with Gasteiger partial charge in [0.05, 0.1) is 0 Å². The molecule has 0 aliphatic heterocycles. The zero-order chi connectivity index (χ0) is 7.11. The van der Waals surface area contributed by atoms with Gasteiger partial charge in [0.25, 0.3) is 0 Å². The van der Waals surface area contributed by atoms with Crippen molar-refractivity contribution in [2.75, 3.05) is 0 Å². The Morgan fingerprint density at radius 3 is 1.83 bits per heavy atom. The van der Waals surface area contributed by atoms with Crippen LogP contribution in [0.25, 0.3) is 0 Å².